The zero-order valence-corrected chi connectivity index (χ0v) is 16.3. The Labute approximate surface area is 154 Å². The lowest BCUT2D eigenvalue weighted by atomic mass is 9.91. The van der Waals surface area contributed by atoms with E-state index in [0.29, 0.717) is 0 Å². The van der Waals surface area contributed by atoms with Crippen molar-refractivity contribution in [1.29, 1.82) is 0 Å². The Balaban J connectivity index is 2.76. The third kappa shape index (κ3) is 3.75. The van der Waals surface area contributed by atoms with Crippen molar-refractivity contribution >= 4 is 17.6 Å². The van der Waals surface area contributed by atoms with Gasteiger partial charge in [-0.1, -0.05) is 45.9 Å². The summed E-state index contributed by atoms with van der Waals surface area (Å²) in [5, 5.41) is 0. The Morgan fingerprint density at radius 1 is 1.00 bits per heavy atom. The van der Waals surface area contributed by atoms with Gasteiger partial charge in [-0.2, -0.15) is 0 Å². The molecule has 0 aromatic heterocycles. The van der Waals surface area contributed by atoms with E-state index in [1.54, 1.807) is 4.90 Å². The van der Waals surface area contributed by atoms with E-state index >= 15 is 0 Å². The number of hydrogen-bond acceptors (Lipinski definition) is 6. The van der Waals surface area contributed by atoms with Crippen molar-refractivity contribution in [3.63, 3.8) is 0 Å². The van der Waals surface area contributed by atoms with Crippen LogP contribution in [0.15, 0.2) is 29.5 Å². The molecule has 0 amide bonds. The number of hydrogen-bond donors (Lipinski definition) is 0. The maximum absolute atomic E-state index is 12.6. The number of para-hydroxylation sites is 1. The molecule has 26 heavy (non-hydrogen) atoms. The minimum absolute atomic E-state index is 0.00840. The summed E-state index contributed by atoms with van der Waals surface area (Å²) in [5.41, 5.74) is 3.39. The van der Waals surface area contributed by atoms with Crippen molar-refractivity contribution < 1.29 is 23.8 Å². The second-order valence-corrected chi connectivity index (χ2v) is 6.81. The van der Waals surface area contributed by atoms with Crippen molar-refractivity contribution in [3.05, 3.63) is 40.6 Å². The molecule has 0 bridgehead atoms. The van der Waals surface area contributed by atoms with E-state index in [4.69, 9.17) is 14.2 Å². The van der Waals surface area contributed by atoms with Gasteiger partial charge in [0.1, 0.15) is 12.4 Å². The van der Waals surface area contributed by atoms with Gasteiger partial charge in [-0.15, -0.1) is 0 Å². The second-order valence-electron chi connectivity index (χ2n) is 6.81. The van der Waals surface area contributed by atoms with Gasteiger partial charge in [0.05, 0.1) is 32.1 Å². The Hall–Kier alpha value is -2.34. The molecule has 0 spiro atoms. The number of ether oxygens (including phenoxy) is 3. The summed E-state index contributed by atoms with van der Waals surface area (Å²) < 4.78 is 15.4. The summed E-state index contributed by atoms with van der Waals surface area (Å²) in [7, 11) is 2.58. The molecule has 0 N–H and O–H groups in total. The van der Waals surface area contributed by atoms with Crippen LogP contribution in [0.2, 0.25) is 0 Å². The van der Waals surface area contributed by atoms with Gasteiger partial charge >= 0.3 is 11.9 Å². The van der Waals surface area contributed by atoms with E-state index in [0.717, 1.165) is 16.8 Å². The SMILES string of the molecule is COC(=O)C1=C(C(=O)OC)N(c2c(C(C)C)cccc2C(C)C)COC1. The monoisotopic (exact) mass is 361 g/mol. The number of carbonyl (C=O) groups excluding carboxylic acids is 2. The number of nitrogens with zero attached hydrogens (tertiary/aromatic N) is 1. The van der Waals surface area contributed by atoms with Crippen molar-refractivity contribution in [2.75, 3.05) is 32.5 Å². The Bertz CT molecular complexity index is 695. The molecule has 0 fully saturated rings. The third-order valence-corrected chi connectivity index (χ3v) is 4.45. The topological polar surface area (TPSA) is 65.1 Å². The molecule has 2 rings (SSSR count). The van der Waals surface area contributed by atoms with Gasteiger partial charge in [0.2, 0.25) is 0 Å². The number of methoxy groups -OCH3 is 2. The average Bonchev–Trinajstić information content (AvgIpc) is 2.65. The van der Waals surface area contributed by atoms with Crippen LogP contribution in [-0.2, 0) is 23.8 Å². The largest absolute Gasteiger partial charge is 0.466 e. The van der Waals surface area contributed by atoms with Crippen LogP contribution < -0.4 is 4.90 Å². The zero-order valence-electron chi connectivity index (χ0n) is 16.3. The van der Waals surface area contributed by atoms with Gasteiger partial charge in [0.25, 0.3) is 0 Å². The number of benzene rings is 1. The minimum atomic E-state index is -0.594. The van der Waals surface area contributed by atoms with Gasteiger partial charge < -0.3 is 19.1 Å². The van der Waals surface area contributed by atoms with Gasteiger partial charge in [0.15, 0.2) is 0 Å². The summed E-state index contributed by atoms with van der Waals surface area (Å²) in [6.07, 6.45) is 0. The van der Waals surface area contributed by atoms with Crippen LogP contribution in [0.1, 0.15) is 50.7 Å². The summed E-state index contributed by atoms with van der Waals surface area (Å²) in [6, 6.07) is 6.09. The molecular weight excluding hydrogens is 334 g/mol. The van der Waals surface area contributed by atoms with Crippen LogP contribution in [0.25, 0.3) is 0 Å². The van der Waals surface area contributed by atoms with Crippen molar-refractivity contribution in [2.24, 2.45) is 0 Å². The van der Waals surface area contributed by atoms with E-state index in [1.807, 2.05) is 18.2 Å². The highest BCUT2D eigenvalue weighted by atomic mass is 16.5. The molecule has 0 radical (unpaired) electrons. The highest BCUT2D eigenvalue weighted by Crippen LogP contribution is 2.38. The van der Waals surface area contributed by atoms with Crippen LogP contribution in [0.4, 0.5) is 5.69 Å². The molecular formula is C20H27NO5. The fraction of sp³-hybridized carbons (Fsp3) is 0.500. The van der Waals surface area contributed by atoms with Gasteiger partial charge in [-0.05, 0) is 23.0 Å². The quantitative estimate of drug-likeness (QED) is 0.750. The van der Waals surface area contributed by atoms with Gasteiger partial charge in [-0.3, -0.25) is 0 Å². The molecule has 1 heterocycles. The standard InChI is InChI=1S/C20H27NO5/c1-12(2)14-8-7-9-15(13(3)4)17(14)21-11-26-10-16(19(22)24-5)18(21)20(23)25-6/h7-9,12-13H,10-11H2,1-6H3. The molecule has 1 aromatic rings. The Morgan fingerprint density at radius 3 is 2.00 bits per heavy atom. The maximum atomic E-state index is 12.6. The Morgan fingerprint density at radius 2 is 1.54 bits per heavy atom. The minimum Gasteiger partial charge on any atom is -0.466 e. The molecule has 6 nitrogen and oxygen atoms in total. The van der Waals surface area contributed by atoms with Crippen LogP contribution in [0.5, 0.6) is 0 Å². The lowest BCUT2D eigenvalue weighted by Crippen LogP contribution is -2.39. The number of esters is 2. The van der Waals surface area contributed by atoms with Crippen LogP contribution in [-0.4, -0.2) is 39.5 Å². The molecule has 1 aliphatic heterocycles. The van der Waals surface area contributed by atoms with Crippen molar-refractivity contribution in [3.8, 4) is 0 Å². The van der Waals surface area contributed by atoms with E-state index in [-0.39, 0.29) is 36.4 Å². The highest BCUT2D eigenvalue weighted by Gasteiger charge is 2.34. The smallest absolute Gasteiger partial charge is 0.355 e. The first-order chi connectivity index (χ1) is 12.3. The van der Waals surface area contributed by atoms with Gasteiger partial charge in [-0.25, -0.2) is 9.59 Å². The predicted molar refractivity (Wildman–Crippen MR) is 99.0 cm³/mol. The molecule has 0 saturated heterocycles. The Kier molecular flexibility index (Phi) is 6.42. The van der Waals surface area contributed by atoms with E-state index in [1.165, 1.54) is 14.2 Å². The lowest BCUT2D eigenvalue weighted by Gasteiger charge is -2.35. The fourth-order valence-corrected chi connectivity index (χ4v) is 3.14. The number of anilines is 1. The van der Waals surface area contributed by atoms with E-state index in [9.17, 15) is 9.59 Å². The molecule has 6 heteroatoms. The van der Waals surface area contributed by atoms with Crippen LogP contribution in [0, 0.1) is 0 Å². The molecule has 0 unspecified atom stereocenters. The molecule has 1 aliphatic rings. The number of rotatable bonds is 5. The summed E-state index contributed by atoms with van der Waals surface area (Å²) in [6.45, 7) is 8.54. The van der Waals surface area contributed by atoms with Crippen molar-refractivity contribution in [2.45, 2.75) is 39.5 Å². The number of carbonyl (C=O) groups is 2. The fourth-order valence-electron chi connectivity index (χ4n) is 3.14. The molecule has 1 aromatic carbocycles. The van der Waals surface area contributed by atoms with Crippen LogP contribution >= 0.6 is 0 Å². The summed E-state index contributed by atoms with van der Waals surface area (Å²) >= 11 is 0. The summed E-state index contributed by atoms with van der Waals surface area (Å²) in [4.78, 5) is 26.5. The normalized spacial score (nSPS) is 14.8. The summed E-state index contributed by atoms with van der Waals surface area (Å²) in [5.74, 6) is -0.720. The van der Waals surface area contributed by atoms with Gasteiger partial charge in [0, 0.05) is 0 Å². The second kappa shape index (κ2) is 8.36. The predicted octanol–water partition coefficient (Wildman–Crippen LogP) is 3.33. The van der Waals surface area contributed by atoms with E-state index in [2.05, 4.69) is 27.7 Å². The maximum Gasteiger partial charge on any atom is 0.355 e. The lowest BCUT2D eigenvalue weighted by molar-refractivity contribution is -0.140. The average molecular weight is 361 g/mol. The molecule has 0 aliphatic carbocycles. The van der Waals surface area contributed by atoms with E-state index < -0.39 is 11.9 Å². The van der Waals surface area contributed by atoms with Crippen LogP contribution in [0.3, 0.4) is 0 Å². The zero-order chi connectivity index (χ0) is 19.4. The first-order valence-corrected chi connectivity index (χ1v) is 8.71. The first kappa shape index (κ1) is 20.0. The molecule has 142 valence electrons. The first-order valence-electron chi connectivity index (χ1n) is 8.71. The third-order valence-electron chi connectivity index (χ3n) is 4.45. The van der Waals surface area contributed by atoms with Crippen molar-refractivity contribution in [1.82, 2.24) is 0 Å². The molecule has 0 atom stereocenters. The molecule has 0 saturated carbocycles. The highest BCUT2D eigenvalue weighted by molar-refractivity contribution is 6.03.